The molecule has 2 aromatic rings. The molecule has 1 aromatic carbocycles. The highest BCUT2D eigenvalue weighted by Crippen LogP contribution is 2.26. The lowest BCUT2D eigenvalue weighted by molar-refractivity contribution is 0.101. The second-order valence-corrected chi connectivity index (χ2v) is 4.13. The number of amides is 1. The molecule has 7 nitrogen and oxygen atoms in total. The second-order valence-electron chi connectivity index (χ2n) is 4.13. The van der Waals surface area contributed by atoms with Gasteiger partial charge in [-0.2, -0.15) is 5.10 Å². The first-order valence-corrected chi connectivity index (χ1v) is 6.10. The molecule has 0 saturated heterocycles. The van der Waals surface area contributed by atoms with Crippen LogP contribution in [0.1, 0.15) is 16.2 Å². The first-order chi connectivity index (χ1) is 9.70. The second kappa shape index (κ2) is 6.67. The number of H-pyrrole nitrogens is 1. The van der Waals surface area contributed by atoms with E-state index in [1.165, 1.54) is 6.33 Å². The summed E-state index contributed by atoms with van der Waals surface area (Å²) in [6.45, 7) is 2.83. The molecule has 7 heteroatoms. The molecule has 1 aromatic heterocycles. The Bertz CT molecular complexity index is 569. The van der Waals surface area contributed by atoms with Gasteiger partial charge >= 0.3 is 0 Å². The summed E-state index contributed by atoms with van der Waals surface area (Å²) in [5.74, 6) is 0.367. The number of methoxy groups -OCH3 is 1. The van der Waals surface area contributed by atoms with Crippen LogP contribution in [0.15, 0.2) is 24.5 Å². The lowest BCUT2D eigenvalue weighted by Gasteiger charge is -2.12. The number of nitrogens with zero attached hydrogens (tertiary/aromatic N) is 2. The van der Waals surface area contributed by atoms with E-state index in [0.29, 0.717) is 24.7 Å². The summed E-state index contributed by atoms with van der Waals surface area (Å²) in [5.41, 5.74) is 1.61. The summed E-state index contributed by atoms with van der Waals surface area (Å²) in [7, 11) is 1.60. The van der Waals surface area contributed by atoms with Gasteiger partial charge in [-0.15, -0.1) is 0 Å². The van der Waals surface area contributed by atoms with Gasteiger partial charge in [0.2, 0.25) is 5.82 Å². The quantitative estimate of drug-likeness (QED) is 0.778. The van der Waals surface area contributed by atoms with Gasteiger partial charge in [-0.05, 0) is 24.6 Å². The van der Waals surface area contributed by atoms with Crippen LogP contribution in [0.2, 0.25) is 0 Å². The lowest BCUT2D eigenvalue weighted by atomic mass is 10.2. The smallest absolute Gasteiger partial charge is 0.293 e. The third-order valence-corrected chi connectivity index (χ3v) is 2.56. The number of aryl methyl sites for hydroxylation is 1. The van der Waals surface area contributed by atoms with Gasteiger partial charge in [0, 0.05) is 7.11 Å². The average Bonchev–Trinajstić information content (AvgIpc) is 2.96. The molecule has 1 heterocycles. The topological polar surface area (TPSA) is 89.1 Å². The van der Waals surface area contributed by atoms with Crippen molar-refractivity contribution in [1.29, 1.82) is 0 Å². The third-order valence-electron chi connectivity index (χ3n) is 2.56. The number of rotatable bonds is 6. The number of aromatic amines is 1. The van der Waals surface area contributed by atoms with E-state index in [-0.39, 0.29) is 11.7 Å². The molecule has 0 bridgehead atoms. The van der Waals surface area contributed by atoms with Gasteiger partial charge in [0.15, 0.2) is 0 Å². The van der Waals surface area contributed by atoms with Crippen molar-refractivity contribution in [3.8, 4) is 5.75 Å². The fourth-order valence-corrected chi connectivity index (χ4v) is 1.58. The van der Waals surface area contributed by atoms with Gasteiger partial charge < -0.3 is 14.8 Å². The average molecular weight is 276 g/mol. The zero-order valence-corrected chi connectivity index (χ0v) is 11.3. The lowest BCUT2D eigenvalue weighted by Crippen LogP contribution is -2.15. The first kappa shape index (κ1) is 14.0. The minimum Gasteiger partial charge on any atom is -0.489 e. The van der Waals surface area contributed by atoms with Gasteiger partial charge in [-0.1, -0.05) is 6.07 Å². The van der Waals surface area contributed by atoms with Crippen LogP contribution in [0.4, 0.5) is 5.69 Å². The number of benzene rings is 1. The number of hydrogen-bond donors (Lipinski definition) is 2. The SMILES string of the molecule is COCCOc1cc(C)ccc1NC(=O)c1ncn[nH]1. The summed E-state index contributed by atoms with van der Waals surface area (Å²) in [5, 5.41) is 8.87. The number of aromatic nitrogens is 3. The molecule has 2 rings (SSSR count). The van der Waals surface area contributed by atoms with Crippen LogP contribution in [0.25, 0.3) is 0 Å². The Hall–Kier alpha value is -2.41. The largest absolute Gasteiger partial charge is 0.489 e. The Labute approximate surface area is 116 Å². The summed E-state index contributed by atoms with van der Waals surface area (Å²) >= 11 is 0. The van der Waals surface area contributed by atoms with Crippen molar-refractivity contribution in [1.82, 2.24) is 15.2 Å². The summed E-state index contributed by atoms with van der Waals surface area (Å²) in [6, 6.07) is 5.52. The molecule has 0 unspecified atom stereocenters. The zero-order valence-electron chi connectivity index (χ0n) is 11.3. The Morgan fingerprint density at radius 3 is 2.95 bits per heavy atom. The van der Waals surface area contributed by atoms with E-state index >= 15 is 0 Å². The Kier molecular flexibility index (Phi) is 4.67. The molecule has 0 fully saturated rings. The standard InChI is InChI=1S/C13H16N4O3/c1-9-3-4-10(11(7-9)20-6-5-19-2)16-13(18)12-14-8-15-17-12/h3-4,7-8H,5-6H2,1-2H3,(H,16,18)(H,14,15,17). The predicted octanol–water partition coefficient (Wildman–Crippen LogP) is 1.39. The number of carbonyl (C=O) groups excluding carboxylic acids is 1. The summed E-state index contributed by atoms with van der Waals surface area (Å²) < 4.78 is 10.5. The van der Waals surface area contributed by atoms with E-state index in [1.807, 2.05) is 19.1 Å². The van der Waals surface area contributed by atoms with Crippen molar-refractivity contribution in [2.75, 3.05) is 25.6 Å². The molecule has 0 atom stereocenters. The normalized spacial score (nSPS) is 10.3. The van der Waals surface area contributed by atoms with E-state index in [4.69, 9.17) is 9.47 Å². The maximum absolute atomic E-state index is 11.9. The van der Waals surface area contributed by atoms with Gasteiger partial charge in [-0.25, -0.2) is 4.98 Å². The summed E-state index contributed by atoms with van der Waals surface area (Å²) in [6.07, 6.45) is 1.28. The molecule has 2 N–H and O–H groups in total. The van der Waals surface area contributed by atoms with Crippen molar-refractivity contribution >= 4 is 11.6 Å². The van der Waals surface area contributed by atoms with Crippen molar-refractivity contribution in [2.24, 2.45) is 0 Å². The fourth-order valence-electron chi connectivity index (χ4n) is 1.58. The molecule has 0 radical (unpaired) electrons. The number of hydrogen-bond acceptors (Lipinski definition) is 5. The van der Waals surface area contributed by atoms with Crippen LogP contribution in [0, 0.1) is 6.92 Å². The number of anilines is 1. The molecular formula is C13H16N4O3. The fraction of sp³-hybridized carbons (Fsp3) is 0.308. The highest BCUT2D eigenvalue weighted by molar-refractivity contribution is 6.02. The molecule has 20 heavy (non-hydrogen) atoms. The molecular weight excluding hydrogens is 260 g/mol. The molecule has 106 valence electrons. The van der Waals surface area contributed by atoms with E-state index in [0.717, 1.165) is 5.56 Å². The van der Waals surface area contributed by atoms with Crippen molar-refractivity contribution in [2.45, 2.75) is 6.92 Å². The van der Waals surface area contributed by atoms with Crippen LogP contribution in [0.5, 0.6) is 5.75 Å². The maximum Gasteiger partial charge on any atom is 0.293 e. The zero-order chi connectivity index (χ0) is 14.4. The van der Waals surface area contributed by atoms with Crippen molar-refractivity contribution < 1.29 is 14.3 Å². The van der Waals surface area contributed by atoms with Crippen molar-refractivity contribution in [3.63, 3.8) is 0 Å². The highest BCUT2D eigenvalue weighted by Gasteiger charge is 2.12. The monoisotopic (exact) mass is 276 g/mol. The first-order valence-electron chi connectivity index (χ1n) is 6.10. The van der Waals surface area contributed by atoms with E-state index in [2.05, 4.69) is 20.5 Å². The summed E-state index contributed by atoms with van der Waals surface area (Å²) in [4.78, 5) is 15.7. The minimum absolute atomic E-state index is 0.147. The maximum atomic E-state index is 11.9. The van der Waals surface area contributed by atoms with E-state index in [1.54, 1.807) is 13.2 Å². The molecule has 0 spiro atoms. The van der Waals surface area contributed by atoms with Gasteiger partial charge in [0.25, 0.3) is 5.91 Å². The molecule has 0 aliphatic heterocycles. The molecule has 0 aliphatic carbocycles. The highest BCUT2D eigenvalue weighted by atomic mass is 16.5. The number of nitrogens with one attached hydrogen (secondary N) is 2. The van der Waals surface area contributed by atoms with Crippen LogP contribution in [-0.4, -0.2) is 41.4 Å². The van der Waals surface area contributed by atoms with Crippen molar-refractivity contribution in [3.05, 3.63) is 35.9 Å². The Morgan fingerprint density at radius 1 is 1.40 bits per heavy atom. The van der Waals surface area contributed by atoms with Crippen LogP contribution in [0.3, 0.4) is 0 Å². The minimum atomic E-state index is -0.372. The van der Waals surface area contributed by atoms with Crippen LogP contribution < -0.4 is 10.1 Å². The van der Waals surface area contributed by atoms with E-state index < -0.39 is 0 Å². The van der Waals surface area contributed by atoms with Gasteiger partial charge in [-0.3, -0.25) is 9.89 Å². The Balaban J connectivity index is 2.11. The van der Waals surface area contributed by atoms with Gasteiger partial charge in [0.05, 0.1) is 12.3 Å². The number of carbonyl (C=O) groups is 1. The van der Waals surface area contributed by atoms with Gasteiger partial charge in [0.1, 0.15) is 18.7 Å². The third kappa shape index (κ3) is 3.55. The number of ether oxygens (including phenoxy) is 2. The Morgan fingerprint density at radius 2 is 2.25 bits per heavy atom. The molecule has 0 saturated carbocycles. The molecule has 0 aliphatic rings. The predicted molar refractivity (Wildman–Crippen MR) is 72.9 cm³/mol. The molecule has 1 amide bonds. The van der Waals surface area contributed by atoms with Crippen LogP contribution in [-0.2, 0) is 4.74 Å². The van der Waals surface area contributed by atoms with E-state index in [9.17, 15) is 4.79 Å². The van der Waals surface area contributed by atoms with Crippen LogP contribution >= 0.6 is 0 Å².